The number of alkyl halides is 3. The zero-order valence-corrected chi connectivity index (χ0v) is 13.8. The van der Waals surface area contributed by atoms with Crippen molar-refractivity contribution in [3.63, 3.8) is 0 Å². The van der Waals surface area contributed by atoms with E-state index in [0.29, 0.717) is 26.2 Å². The van der Waals surface area contributed by atoms with Crippen molar-refractivity contribution in [2.24, 2.45) is 0 Å². The Bertz CT molecular complexity index is 779. The Morgan fingerprint density at radius 2 is 1.77 bits per heavy atom. The minimum Gasteiger partial charge on any atom is -0.461 e. The predicted octanol–water partition coefficient (Wildman–Crippen LogP) is 2.94. The highest BCUT2D eigenvalue weighted by Crippen LogP contribution is 2.29. The average molecular weight is 366 g/mol. The van der Waals surface area contributed by atoms with E-state index in [-0.39, 0.29) is 23.7 Å². The van der Waals surface area contributed by atoms with Crippen molar-refractivity contribution in [1.82, 2.24) is 9.80 Å². The number of piperazine rings is 1. The first-order chi connectivity index (χ1) is 12.3. The van der Waals surface area contributed by atoms with E-state index in [0.717, 1.165) is 12.1 Å². The van der Waals surface area contributed by atoms with Gasteiger partial charge in [-0.1, -0.05) is 6.07 Å². The third-order valence-corrected chi connectivity index (χ3v) is 4.26. The van der Waals surface area contributed by atoms with Crippen LogP contribution >= 0.6 is 0 Å². The molecule has 0 aliphatic carbocycles. The molecule has 1 saturated heterocycles. The molecule has 138 valence electrons. The topological polar surface area (TPSA) is 53.8 Å². The molecular formula is C18H17F3N2O3. The Kier molecular flexibility index (Phi) is 5.13. The Hall–Kier alpha value is -2.61. The lowest BCUT2D eigenvalue weighted by molar-refractivity contribution is -0.137. The molecule has 0 radical (unpaired) electrons. The Morgan fingerprint density at radius 1 is 1.04 bits per heavy atom. The molecule has 1 aliphatic rings. The first kappa shape index (κ1) is 18.2. The van der Waals surface area contributed by atoms with Gasteiger partial charge in [0.25, 0.3) is 5.91 Å². The van der Waals surface area contributed by atoms with Crippen LogP contribution in [0.25, 0.3) is 0 Å². The van der Waals surface area contributed by atoms with E-state index in [9.17, 15) is 22.8 Å². The van der Waals surface area contributed by atoms with E-state index in [1.165, 1.54) is 23.3 Å². The average Bonchev–Trinajstić information content (AvgIpc) is 3.16. The van der Waals surface area contributed by atoms with Crippen LogP contribution in [0.15, 0.2) is 47.1 Å². The Labute approximate surface area is 148 Å². The van der Waals surface area contributed by atoms with E-state index in [1.807, 2.05) is 4.90 Å². The minimum atomic E-state index is -4.48. The number of Topliss-reactive ketones (excluding diaryl/α,β-unsaturated/α-hetero) is 1. The van der Waals surface area contributed by atoms with Crippen molar-refractivity contribution in [3.05, 3.63) is 59.5 Å². The van der Waals surface area contributed by atoms with Gasteiger partial charge < -0.3 is 9.32 Å². The van der Waals surface area contributed by atoms with Gasteiger partial charge in [0.1, 0.15) is 0 Å². The molecule has 0 bridgehead atoms. The zero-order chi connectivity index (χ0) is 18.7. The summed E-state index contributed by atoms with van der Waals surface area (Å²) in [7, 11) is 0. The molecule has 1 aromatic heterocycles. The molecule has 1 amide bonds. The molecule has 2 aromatic rings. The van der Waals surface area contributed by atoms with Gasteiger partial charge in [-0.15, -0.1) is 0 Å². The second kappa shape index (κ2) is 7.33. The number of ketones is 1. The van der Waals surface area contributed by atoms with Crippen molar-refractivity contribution in [2.45, 2.75) is 6.18 Å². The van der Waals surface area contributed by atoms with Gasteiger partial charge in [0.2, 0.25) is 5.78 Å². The van der Waals surface area contributed by atoms with E-state index < -0.39 is 17.6 Å². The maximum Gasteiger partial charge on any atom is 0.416 e. The van der Waals surface area contributed by atoms with Gasteiger partial charge >= 0.3 is 6.18 Å². The Morgan fingerprint density at radius 3 is 2.38 bits per heavy atom. The number of hydrogen-bond acceptors (Lipinski definition) is 4. The van der Waals surface area contributed by atoms with Crippen molar-refractivity contribution in [3.8, 4) is 0 Å². The van der Waals surface area contributed by atoms with Crippen LogP contribution in [-0.4, -0.2) is 54.2 Å². The predicted molar refractivity (Wildman–Crippen MR) is 86.8 cm³/mol. The zero-order valence-electron chi connectivity index (χ0n) is 13.8. The highest BCUT2D eigenvalue weighted by Gasteiger charge is 2.31. The maximum absolute atomic E-state index is 12.8. The third-order valence-electron chi connectivity index (χ3n) is 4.26. The largest absolute Gasteiger partial charge is 0.461 e. The lowest BCUT2D eigenvalue weighted by atomic mass is 10.1. The van der Waals surface area contributed by atoms with Gasteiger partial charge in [0.15, 0.2) is 5.76 Å². The number of nitrogens with zero attached hydrogens (tertiary/aromatic N) is 2. The molecule has 0 N–H and O–H groups in total. The van der Waals surface area contributed by atoms with Crippen LogP contribution in [0, 0.1) is 0 Å². The number of halogens is 3. The van der Waals surface area contributed by atoms with Crippen LogP contribution in [0.5, 0.6) is 0 Å². The number of benzene rings is 1. The molecule has 0 unspecified atom stereocenters. The number of rotatable bonds is 4. The summed E-state index contributed by atoms with van der Waals surface area (Å²) in [5, 5.41) is 0. The normalized spacial score (nSPS) is 15.9. The maximum atomic E-state index is 12.8. The van der Waals surface area contributed by atoms with Crippen LogP contribution in [0.4, 0.5) is 13.2 Å². The lowest BCUT2D eigenvalue weighted by Gasteiger charge is -2.34. The summed E-state index contributed by atoms with van der Waals surface area (Å²) >= 11 is 0. The van der Waals surface area contributed by atoms with Crippen LogP contribution in [0.3, 0.4) is 0 Å². The molecule has 5 nitrogen and oxygen atoms in total. The molecule has 1 aliphatic heterocycles. The molecule has 26 heavy (non-hydrogen) atoms. The second-order valence-electron chi connectivity index (χ2n) is 6.05. The first-order valence-electron chi connectivity index (χ1n) is 8.10. The molecule has 2 heterocycles. The fourth-order valence-electron chi connectivity index (χ4n) is 2.84. The highest BCUT2D eigenvalue weighted by molar-refractivity contribution is 5.95. The van der Waals surface area contributed by atoms with Crippen LogP contribution in [0.2, 0.25) is 0 Å². The minimum absolute atomic E-state index is 0.0138. The summed E-state index contributed by atoms with van der Waals surface area (Å²) in [5.41, 5.74) is -0.828. The van der Waals surface area contributed by atoms with Gasteiger partial charge in [-0.2, -0.15) is 13.2 Å². The Balaban J connectivity index is 1.58. The standard InChI is InChI=1S/C18H17F3N2O3/c19-18(20,21)14-4-1-3-13(11-14)17(25)23-8-6-22(7-9-23)12-15(24)16-5-2-10-26-16/h1-5,10-11H,6-9,12H2. The van der Waals surface area contributed by atoms with E-state index in [4.69, 9.17) is 4.42 Å². The number of carbonyl (C=O) groups is 2. The lowest BCUT2D eigenvalue weighted by Crippen LogP contribution is -2.49. The van der Waals surface area contributed by atoms with E-state index >= 15 is 0 Å². The first-order valence-corrected chi connectivity index (χ1v) is 8.10. The number of amides is 1. The summed E-state index contributed by atoms with van der Waals surface area (Å²) in [6, 6.07) is 7.65. The van der Waals surface area contributed by atoms with Crippen molar-refractivity contribution in [1.29, 1.82) is 0 Å². The van der Waals surface area contributed by atoms with Crippen LogP contribution in [-0.2, 0) is 6.18 Å². The summed E-state index contributed by atoms with van der Waals surface area (Å²) in [5.74, 6) is -0.298. The monoisotopic (exact) mass is 366 g/mol. The molecule has 0 saturated carbocycles. The van der Waals surface area contributed by atoms with Gasteiger partial charge in [0.05, 0.1) is 18.4 Å². The SMILES string of the molecule is O=C(CN1CCN(C(=O)c2cccc(C(F)(F)F)c2)CC1)c1ccco1. The van der Waals surface area contributed by atoms with E-state index in [2.05, 4.69) is 0 Å². The summed E-state index contributed by atoms with van der Waals surface area (Å²) in [4.78, 5) is 27.9. The van der Waals surface area contributed by atoms with Gasteiger partial charge in [-0.25, -0.2) is 0 Å². The second-order valence-corrected chi connectivity index (χ2v) is 6.05. The smallest absolute Gasteiger partial charge is 0.416 e. The van der Waals surface area contributed by atoms with Crippen molar-refractivity contribution in [2.75, 3.05) is 32.7 Å². The number of furan rings is 1. The van der Waals surface area contributed by atoms with Crippen molar-refractivity contribution >= 4 is 11.7 Å². The summed E-state index contributed by atoms with van der Waals surface area (Å²) in [6.07, 6.45) is -3.06. The molecule has 0 spiro atoms. The fourth-order valence-corrected chi connectivity index (χ4v) is 2.84. The van der Waals surface area contributed by atoms with Crippen LogP contribution < -0.4 is 0 Å². The fraction of sp³-hybridized carbons (Fsp3) is 0.333. The summed E-state index contributed by atoms with van der Waals surface area (Å²) in [6.45, 7) is 1.81. The molecule has 3 rings (SSSR count). The third kappa shape index (κ3) is 4.13. The molecular weight excluding hydrogens is 349 g/mol. The molecule has 8 heteroatoms. The van der Waals surface area contributed by atoms with Crippen molar-refractivity contribution < 1.29 is 27.2 Å². The number of carbonyl (C=O) groups excluding carboxylic acids is 2. The summed E-state index contributed by atoms with van der Waals surface area (Å²) < 4.78 is 43.4. The molecule has 1 fully saturated rings. The molecule has 1 aromatic carbocycles. The van der Waals surface area contributed by atoms with Gasteiger partial charge in [-0.05, 0) is 30.3 Å². The van der Waals surface area contributed by atoms with Gasteiger partial charge in [-0.3, -0.25) is 14.5 Å². The van der Waals surface area contributed by atoms with E-state index in [1.54, 1.807) is 12.1 Å². The molecule has 0 atom stereocenters. The van der Waals surface area contributed by atoms with Crippen LogP contribution in [0.1, 0.15) is 26.5 Å². The number of hydrogen-bond donors (Lipinski definition) is 0. The highest BCUT2D eigenvalue weighted by atomic mass is 19.4. The van der Waals surface area contributed by atoms with Gasteiger partial charge in [0, 0.05) is 31.7 Å². The quantitative estimate of drug-likeness (QED) is 0.781.